The first-order chi connectivity index (χ1) is 19.7. The van der Waals surface area contributed by atoms with Crippen molar-refractivity contribution in [3.63, 3.8) is 0 Å². The van der Waals surface area contributed by atoms with Gasteiger partial charge in [0.25, 0.3) is 10.0 Å². The molecule has 5 rings (SSSR count). The number of sulfonamides is 1. The second kappa shape index (κ2) is 11.5. The van der Waals surface area contributed by atoms with Crippen LogP contribution in [0.1, 0.15) is 20.8 Å². The van der Waals surface area contributed by atoms with Gasteiger partial charge in [0.05, 0.1) is 16.1 Å². The average molecular weight is 743 g/mol. The van der Waals surface area contributed by atoms with Gasteiger partial charge in [-0.1, -0.05) is 23.2 Å². The number of esters is 1. The fourth-order valence-electron chi connectivity index (χ4n) is 4.41. The number of carbonyl (C=O) groups is 2. The lowest BCUT2D eigenvalue weighted by molar-refractivity contribution is -0.152. The summed E-state index contributed by atoms with van der Waals surface area (Å²) in [6.07, 6.45) is 1.84. The van der Waals surface area contributed by atoms with Crippen LogP contribution in [-0.2, 0) is 19.6 Å². The van der Waals surface area contributed by atoms with Crippen molar-refractivity contribution in [1.82, 2.24) is 20.1 Å². The largest absolute Gasteiger partial charge is 0.459 e. The molecule has 42 heavy (non-hydrogen) atoms. The van der Waals surface area contributed by atoms with Crippen LogP contribution < -0.4 is 14.5 Å². The molecule has 15 heteroatoms. The van der Waals surface area contributed by atoms with E-state index >= 15 is 0 Å². The van der Waals surface area contributed by atoms with E-state index in [1.807, 2.05) is 10.8 Å². The number of hydrogen-bond donors (Lipinski definition) is 1. The molecule has 2 aromatic carbocycles. The number of fused-ring (bicyclic) bond motifs is 1. The maximum absolute atomic E-state index is 13.9. The number of benzene rings is 2. The summed E-state index contributed by atoms with van der Waals surface area (Å²) in [5.74, 6) is 0.214. The number of amides is 2. The molecule has 1 fully saturated rings. The molecule has 3 heterocycles. The summed E-state index contributed by atoms with van der Waals surface area (Å²) >= 11 is 14.4. The molecule has 0 saturated carbocycles. The number of rotatable bonds is 7. The van der Waals surface area contributed by atoms with Gasteiger partial charge in [-0.25, -0.2) is 13.2 Å². The highest BCUT2D eigenvalue weighted by molar-refractivity contribution is 14.1. The van der Waals surface area contributed by atoms with E-state index in [0.29, 0.717) is 30.1 Å². The molecule has 220 valence electrons. The van der Waals surface area contributed by atoms with Crippen LogP contribution in [0.3, 0.4) is 0 Å². The maximum Gasteiger partial charge on any atom is 0.327 e. The number of aromatic nitrogens is 3. The van der Waals surface area contributed by atoms with Gasteiger partial charge in [-0.3, -0.25) is 18.6 Å². The van der Waals surface area contributed by atoms with E-state index in [0.717, 1.165) is 13.4 Å². The lowest BCUT2D eigenvalue weighted by atomic mass is 10.2. The Morgan fingerprint density at radius 2 is 1.74 bits per heavy atom. The Morgan fingerprint density at radius 1 is 1.07 bits per heavy atom. The van der Waals surface area contributed by atoms with Crippen LogP contribution in [0.25, 0.3) is 16.7 Å². The standard InChI is InChI=1S/C27H25Cl2IN6O5S/c1-27(2,3)41-25(37)15-36(42(39,40)19-11-16(28)10-17(29)12-19)18-4-5-22-20(13-18)21(30)14-35(22)24-7-6-23(32-33-24)34-9-8-31-26(34)38/h4-7,10-14H,8-9,15H2,1-3H3,(H,31,38). The van der Waals surface area contributed by atoms with Gasteiger partial charge in [-0.05, 0) is 91.9 Å². The minimum atomic E-state index is -4.30. The molecule has 2 amide bonds. The van der Waals surface area contributed by atoms with Crippen molar-refractivity contribution in [2.75, 3.05) is 28.8 Å². The van der Waals surface area contributed by atoms with Gasteiger partial charge >= 0.3 is 12.0 Å². The van der Waals surface area contributed by atoms with Crippen molar-refractivity contribution in [3.8, 4) is 5.82 Å². The Balaban J connectivity index is 1.55. The van der Waals surface area contributed by atoms with Crippen LogP contribution in [0.5, 0.6) is 0 Å². The van der Waals surface area contributed by atoms with Crippen LogP contribution in [0, 0.1) is 3.57 Å². The Labute approximate surface area is 265 Å². The van der Waals surface area contributed by atoms with Crippen molar-refractivity contribution in [1.29, 1.82) is 0 Å². The van der Waals surface area contributed by atoms with Crippen molar-refractivity contribution in [2.45, 2.75) is 31.3 Å². The third-order valence-electron chi connectivity index (χ3n) is 6.16. The minimum absolute atomic E-state index is 0.137. The van der Waals surface area contributed by atoms with Gasteiger partial charge in [0.1, 0.15) is 12.1 Å². The summed E-state index contributed by atoms with van der Waals surface area (Å²) < 4.78 is 36.8. The van der Waals surface area contributed by atoms with Crippen LogP contribution in [0.15, 0.2) is 59.6 Å². The molecule has 2 aromatic heterocycles. The van der Waals surface area contributed by atoms with Gasteiger partial charge in [0.2, 0.25) is 0 Å². The van der Waals surface area contributed by atoms with Crippen LogP contribution in [-0.4, -0.2) is 60.4 Å². The predicted octanol–water partition coefficient (Wildman–Crippen LogP) is 5.40. The quantitative estimate of drug-likeness (QED) is 0.199. The normalized spacial score (nSPS) is 13.9. The lowest BCUT2D eigenvalue weighted by Gasteiger charge is -2.26. The Morgan fingerprint density at radius 3 is 2.33 bits per heavy atom. The molecule has 11 nitrogen and oxygen atoms in total. The number of nitrogens with one attached hydrogen (secondary N) is 1. The van der Waals surface area contributed by atoms with E-state index in [1.54, 1.807) is 51.1 Å². The Bertz CT molecular complexity index is 1790. The third kappa shape index (κ3) is 6.28. The number of carbonyl (C=O) groups excluding carboxylic acids is 2. The van der Waals surface area contributed by atoms with Gasteiger partial charge in [-0.15, -0.1) is 10.2 Å². The highest BCUT2D eigenvalue weighted by Gasteiger charge is 2.31. The molecule has 0 aliphatic carbocycles. The van der Waals surface area contributed by atoms with Crippen LogP contribution >= 0.6 is 45.8 Å². The summed E-state index contributed by atoms with van der Waals surface area (Å²) in [5, 5.41) is 12.3. The van der Waals surface area contributed by atoms with E-state index in [4.69, 9.17) is 27.9 Å². The fourth-order valence-corrected chi connectivity index (χ4v) is 7.25. The highest BCUT2D eigenvalue weighted by Crippen LogP contribution is 2.33. The summed E-state index contributed by atoms with van der Waals surface area (Å²) in [4.78, 5) is 26.2. The van der Waals surface area contributed by atoms with Gasteiger partial charge in [0.15, 0.2) is 11.6 Å². The molecule has 1 aliphatic heterocycles. The van der Waals surface area contributed by atoms with E-state index in [9.17, 15) is 18.0 Å². The molecule has 1 N–H and O–H groups in total. The van der Waals surface area contributed by atoms with Crippen molar-refractivity contribution >= 4 is 90.2 Å². The molecule has 0 unspecified atom stereocenters. The second-order valence-electron chi connectivity index (χ2n) is 10.4. The van der Waals surface area contributed by atoms with Gasteiger partial charge < -0.3 is 10.1 Å². The highest BCUT2D eigenvalue weighted by atomic mass is 127. The summed E-state index contributed by atoms with van der Waals surface area (Å²) in [6.45, 7) is 5.57. The zero-order valence-corrected chi connectivity index (χ0v) is 27.1. The van der Waals surface area contributed by atoms with E-state index in [1.165, 1.54) is 23.1 Å². The number of anilines is 2. The molecule has 0 spiro atoms. The van der Waals surface area contributed by atoms with Gasteiger partial charge in [-0.2, -0.15) is 0 Å². The fraction of sp³-hybridized carbons (Fsp3) is 0.259. The predicted molar refractivity (Wildman–Crippen MR) is 169 cm³/mol. The molecule has 4 aromatic rings. The molecule has 1 aliphatic rings. The first kappa shape index (κ1) is 30.3. The topological polar surface area (TPSA) is 127 Å². The zero-order chi connectivity index (χ0) is 30.4. The number of halogens is 3. The zero-order valence-electron chi connectivity index (χ0n) is 22.6. The molecule has 0 bridgehead atoms. The lowest BCUT2D eigenvalue weighted by Crippen LogP contribution is -2.39. The SMILES string of the molecule is CC(C)(C)OC(=O)CN(c1ccc2c(c1)c(I)cn2-c1ccc(N2CCNC2=O)nn1)S(=O)(=O)c1cc(Cl)cc(Cl)c1. The van der Waals surface area contributed by atoms with E-state index < -0.39 is 28.1 Å². The average Bonchev–Trinajstić information content (AvgIpc) is 3.48. The van der Waals surface area contributed by atoms with Crippen molar-refractivity contribution in [2.24, 2.45) is 0 Å². The van der Waals surface area contributed by atoms with E-state index in [-0.39, 0.29) is 26.7 Å². The molecule has 0 radical (unpaired) electrons. The summed E-state index contributed by atoms with van der Waals surface area (Å²) in [5.41, 5.74) is 0.142. The van der Waals surface area contributed by atoms with Crippen LogP contribution in [0.4, 0.5) is 16.3 Å². The molecular formula is C27H25Cl2IN6O5S. The smallest absolute Gasteiger partial charge is 0.327 e. The molecule has 0 atom stereocenters. The van der Waals surface area contributed by atoms with Crippen LogP contribution in [0.2, 0.25) is 10.0 Å². The minimum Gasteiger partial charge on any atom is -0.459 e. The summed E-state index contributed by atoms with van der Waals surface area (Å²) in [6, 6.07) is 12.2. The second-order valence-corrected chi connectivity index (χ2v) is 14.3. The monoisotopic (exact) mass is 742 g/mol. The summed E-state index contributed by atoms with van der Waals surface area (Å²) in [7, 11) is -4.30. The molecular weight excluding hydrogens is 718 g/mol. The van der Waals surface area contributed by atoms with Crippen molar-refractivity contribution < 1.29 is 22.7 Å². The van der Waals surface area contributed by atoms with Gasteiger partial charge in [0, 0.05) is 38.3 Å². The number of nitrogens with zero attached hydrogens (tertiary/aromatic N) is 5. The number of ether oxygens (including phenoxy) is 1. The first-order valence-corrected chi connectivity index (χ1v) is 15.9. The third-order valence-corrected chi connectivity index (χ3v) is 9.21. The van der Waals surface area contributed by atoms with Crippen molar-refractivity contribution in [3.05, 3.63) is 68.3 Å². The first-order valence-electron chi connectivity index (χ1n) is 12.6. The number of hydrogen-bond acceptors (Lipinski definition) is 7. The Kier molecular flexibility index (Phi) is 8.31. The molecule has 1 saturated heterocycles. The van der Waals surface area contributed by atoms with E-state index in [2.05, 4.69) is 38.1 Å². The maximum atomic E-state index is 13.9. The number of urea groups is 1. The Hall–Kier alpha value is -3.14.